The van der Waals surface area contributed by atoms with Crippen LogP contribution >= 0.6 is 0 Å². The van der Waals surface area contributed by atoms with Crippen LogP contribution in [0.25, 0.3) is 0 Å². The van der Waals surface area contributed by atoms with E-state index in [9.17, 15) is 4.79 Å². The predicted octanol–water partition coefficient (Wildman–Crippen LogP) is 2.02. The fourth-order valence-corrected chi connectivity index (χ4v) is 1.87. The molecule has 0 aliphatic heterocycles. The number of carbonyl (C=O) groups excluding carboxylic acids is 1. The molecule has 0 saturated carbocycles. The number of hydrogen-bond acceptors (Lipinski definition) is 2. The summed E-state index contributed by atoms with van der Waals surface area (Å²) in [6.07, 6.45) is 0.498. The number of hydrogen-bond donors (Lipinski definition) is 1. The molecule has 3 heteroatoms. The van der Waals surface area contributed by atoms with E-state index in [0.717, 1.165) is 0 Å². The SMILES string of the molecule is CCN(CCO)C(=O)CC(C)c1ccccc1. The molecule has 0 aliphatic rings. The molecule has 1 aromatic rings. The minimum atomic E-state index is 0.0271. The predicted molar refractivity (Wildman–Crippen MR) is 68.8 cm³/mol. The molecule has 0 aliphatic carbocycles. The smallest absolute Gasteiger partial charge is 0.223 e. The molecule has 1 amide bonds. The van der Waals surface area contributed by atoms with Crippen molar-refractivity contribution < 1.29 is 9.90 Å². The van der Waals surface area contributed by atoms with Gasteiger partial charge in [0, 0.05) is 19.5 Å². The topological polar surface area (TPSA) is 40.5 Å². The van der Waals surface area contributed by atoms with Gasteiger partial charge in [0.1, 0.15) is 0 Å². The third-order valence-electron chi connectivity index (χ3n) is 2.95. The maximum absolute atomic E-state index is 12.0. The lowest BCUT2D eigenvalue weighted by Gasteiger charge is -2.21. The standard InChI is InChI=1S/C14H21NO2/c1-3-15(9-10-16)14(17)11-12(2)13-7-5-4-6-8-13/h4-8,12,16H,3,9-11H2,1-2H3. The van der Waals surface area contributed by atoms with Crippen LogP contribution in [0.15, 0.2) is 30.3 Å². The Morgan fingerprint density at radius 3 is 2.53 bits per heavy atom. The minimum Gasteiger partial charge on any atom is -0.395 e. The van der Waals surface area contributed by atoms with Crippen LogP contribution in [0.2, 0.25) is 0 Å². The maximum Gasteiger partial charge on any atom is 0.223 e. The van der Waals surface area contributed by atoms with Crippen LogP contribution in [-0.2, 0) is 4.79 Å². The molecule has 0 saturated heterocycles. The Labute approximate surface area is 103 Å². The highest BCUT2D eigenvalue weighted by Gasteiger charge is 2.15. The number of benzene rings is 1. The van der Waals surface area contributed by atoms with Gasteiger partial charge in [0.15, 0.2) is 0 Å². The second kappa shape index (κ2) is 7.07. The van der Waals surface area contributed by atoms with Gasteiger partial charge in [-0.05, 0) is 18.4 Å². The van der Waals surface area contributed by atoms with E-state index in [1.807, 2.05) is 37.3 Å². The average Bonchev–Trinajstić information content (AvgIpc) is 2.36. The van der Waals surface area contributed by atoms with Crippen LogP contribution in [0.5, 0.6) is 0 Å². The summed E-state index contributed by atoms with van der Waals surface area (Å²) in [5.41, 5.74) is 1.18. The molecular formula is C14H21NO2. The van der Waals surface area contributed by atoms with Gasteiger partial charge >= 0.3 is 0 Å². The Hall–Kier alpha value is -1.35. The summed E-state index contributed by atoms with van der Waals surface area (Å²) >= 11 is 0. The molecule has 1 aromatic carbocycles. The molecule has 0 spiro atoms. The van der Waals surface area contributed by atoms with Crippen LogP contribution in [-0.4, -0.2) is 35.6 Å². The highest BCUT2D eigenvalue weighted by Crippen LogP contribution is 2.19. The normalized spacial score (nSPS) is 12.2. The lowest BCUT2D eigenvalue weighted by molar-refractivity contribution is -0.131. The van der Waals surface area contributed by atoms with Gasteiger partial charge < -0.3 is 10.0 Å². The van der Waals surface area contributed by atoms with Crippen molar-refractivity contribution in [3.8, 4) is 0 Å². The van der Waals surface area contributed by atoms with Gasteiger partial charge in [0.2, 0.25) is 5.91 Å². The summed E-state index contributed by atoms with van der Waals surface area (Å²) in [5, 5.41) is 8.87. The first-order valence-electron chi connectivity index (χ1n) is 6.12. The monoisotopic (exact) mass is 235 g/mol. The molecule has 0 bridgehead atoms. The van der Waals surface area contributed by atoms with Gasteiger partial charge in [0.25, 0.3) is 0 Å². The molecule has 3 nitrogen and oxygen atoms in total. The van der Waals surface area contributed by atoms with E-state index in [0.29, 0.717) is 19.5 Å². The summed E-state index contributed by atoms with van der Waals surface area (Å²) in [7, 11) is 0. The Morgan fingerprint density at radius 1 is 1.35 bits per heavy atom. The van der Waals surface area contributed by atoms with Crippen LogP contribution < -0.4 is 0 Å². The molecule has 1 rings (SSSR count). The van der Waals surface area contributed by atoms with E-state index in [1.165, 1.54) is 5.56 Å². The zero-order valence-corrected chi connectivity index (χ0v) is 10.6. The van der Waals surface area contributed by atoms with E-state index in [4.69, 9.17) is 5.11 Å². The van der Waals surface area contributed by atoms with E-state index in [2.05, 4.69) is 6.92 Å². The average molecular weight is 235 g/mol. The summed E-state index contributed by atoms with van der Waals surface area (Å²) in [6.45, 7) is 5.10. The third kappa shape index (κ3) is 4.19. The van der Waals surface area contributed by atoms with Gasteiger partial charge in [0.05, 0.1) is 6.61 Å². The molecule has 94 valence electrons. The zero-order chi connectivity index (χ0) is 12.7. The van der Waals surface area contributed by atoms with Crippen molar-refractivity contribution in [2.75, 3.05) is 19.7 Å². The van der Waals surface area contributed by atoms with Gasteiger partial charge in [-0.1, -0.05) is 37.3 Å². The van der Waals surface area contributed by atoms with Crippen molar-refractivity contribution >= 4 is 5.91 Å². The Kier molecular flexibility index (Phi) is 5.70. The van der Waals surface area contributed by atoms with Crippen molar-refractivity contribution in [2.24, 2.45) is 0 Å². The third-order valence-corrected chi connectivity index (χ3v) is 2.95. The van der Waals surface area contributed by atoms with Gasteiger partial charge in [-0.2, -0.15) is 0 Å². The Balaban J connectivity index is 2.56. The number of carbonyl (C=O) groups is 1. The molecule has 0 radical (unpaired) electrons. The number of likely N-dealkylation sites (N-methyl/N-ethyl adjacent to an activating group) is 1. The number of amides is 1. The summed E-state index contributed by atoms with van der Waals surface area (Å²) in [6, 6.07) is 10.0. The number of aliphatic hydroxyl groups excluding tert-OH is 1. The molecular weight excluding hydrogens is 214 g/mol. The molecule has 1 unspecified atom stereocenters. The molecule has 17 heavy (non-hydrogen) atoms. The van der Waals surface area contributed by atoms with Crippen LogP contribution in [0.1, 0.15) is 31.7 Å². The Morgan fingerprint density at radius 2 is 2.00 bits per heavy atom. The van der Waals surface area contributed by atoms with Crippen molar-refractivity contribution in [1.82, 2.24) is 4.90 Å². The van der Waals surface area contributed by atoms with Gasteiger partial charge in [-0.15, -0.1) is 0 Å². The number of nitrogens with zero attached hydrogens (tertiary/aromatic N) is 1. The summed E-state index contributed by atoms with van der Waals surface area (Å²) in [4.78, 5) is 13.7. The van der Waals surface area contributed by atoms with E-state index < -0.39 is 0 Å². The van der Waals surface area contributed by atoms with Crippen molar-refractivity contribution in [3.05, 3.63) is 35.9 Å². The second-order valence-corrected chi connectivity index (χ2v) is 4.21. The Bertz CT molecular complexity index is 337. The molecule has 1 N–H and O–H groups in total. The summed E-state index contributed by atoms with van der Waals surface area (Å²) < 4.78 is 0. The highest BCUT2D eigenvalue weighted by molar-refractivity contribution is 5.77. The van der Waals surface area contributed by atoms with Crippen LogP contribution in [0.3, 0.4) is 0 Å². The van der Waals surface area contributed by atoms with Gasteiger partial charge in [-0.25, -0.2) is 0 Å². The largest absolute Gasteiger partial charge is 0.395 e. The summed E-state index contributed by atoms with van der Waals surface area (Å²) in [5.74, 6) is 0.328. The van der Waals surface area contributed by atoms with Crippen LogP contribution in [0, 0.1) is 0 Å². The highest BCUT2D eigenvalue weighted by atomic mass is 16.3. The second-order valence-electron chi connectivity index (χ2n) is 4.21. The van der Waals surface area contributed by atoms with Crippen molar-refractivity contribution in [1.29, 1.82) is 0 Å². The van der Waals surface area contributed by atoms with Crippen molar-refractivity contribution in [3.63, 3.8) is 0 Å². The molecule has 0 heterocycles. The lowest BCUT2D eigenvalue weighted by atomic mass is 9.97. The van der Waals surface area contributed by atoms with E-state index in [-0.39, 0.29) is 18.4 Å². The molecule has 0 aromatic heterocycles. The zero-order valence-electron chi connectivity index (χ0n) is 10.6. The number of rotatable bonds is 6. The molecule has 1 atom stereocenters. The van der Waals surface area contributed by atoms with E-state index in [1.54, 1.807) is 4.90 Å². The lowest BCUT2D eigenvalue weighted by Crippen LogP contribution is -2.33. The first-order chi connectivity index (χ1) is 8.19. The van der Waals surface area contributed by atoms with E-state index >= 15 is 0 Å². The van der Waals surface area contributed by atoms with Crippen LogP contribution in [0.4, 0.5) is 0 Å². The first kappa shape index (κ1) is 13.7. The van der Waals surface area contributed by atoms with Gasteiger partial charge in [-0.3, -0.25) is 4.79 Å². The number of aliphatic hydroxyl groups is 1. The maximum atomic E-state index is 12.0. The molecule has 0 fully saturated rings. The first-order valence-corrected chi connectivity index (χ1v) is 6.12. The minimum absolute atomic E-state index is 0.0271. The van der Waals surface area contributed by atoms with Crippen molar-refractivity contribution in [2.45, 2.75) is 26.2 Å². The fourth-order valence-electron chi connectivity index (χ4n) is 1.87. The fraction of sp³-hybridized carbons (Fsp3) is 0.500. The quantitative estimate of drug-likeness (QED) is 0.819.